The highest BCUT2D eigenvalue weighted by Crippen LogP contribution is 2.38. The van der Waals surface area contributed by atoms with Crippen LogP contribution in [0.1, 0.15) is 85.3 Å². The van der Waals surface area contributed by atoms with Crippen molar-refractivity contribution < 1.29 is 33.2 Å². The Hall–Kier alpha value is -6.83. The van der Waals surface area contributed by atoms with Crippen molar-refractivity contribution in [2.45, 2.75) is 63.8 Å². The van der Waals surface area contributed by atoms with Gasteiger partial charge in [-0.2, -0.15) is 5.01 Å². The Morgan fingerprint density at radius 2 is 1.61 bits per heavy atom. The van der Waals surface area contributed by atoms with E-state index in [4.69, 9.17) is 0 Å². The van der Waals surface area contributed by atoms with Crippen LogP contribution in [0.2, 0.25) is 0 Å². The second-order valence-corrected chi connectivity index (χ2v) is 18.5. The molecule has 2 N–H and O–H groups in total. The number of aromatic nitrogens is 3. The first-order valence-corrected chi connectivity index (χ1v) is 23.3. The Morgan fingerprint density at radius 1 is 0.818 bits per heavy atom. The molecule has 1 atom stereocenters. The minimum atomic E-state index is -1.05. The van der Waals surface area contributed by atoms with Crippen molar-refractivity contribution in [3.63, 3.8) is 0 Å². The molecule has 0 spiro atoms. The van der Waals surface area contributed by atoms with Gasteiger partial charge in [0.2, 0.25) is 5.91 Å². The van der Waals surface area contributed by atoms with Crippen molar-refractivity contribution in [1.29, 1.82) is 0 Å². The number of piperidine rings is 1. The van der Waals surface area contributed by atoms with Crippen LogP contribution in [0.4, 0.5) is 20.0 Å². The smallest absolute Gasteiger partial charge is 0.343 e. The average molecular weight is 912 g/mol. The Kier molecular flexibility index (Phi) is 10.7. The van der Waals surface area contributed by atoms with Crippen molar-refractivity contribution in [3.8, 4) is 11.1 Å². The highest BCUT2D eigenvalue weighted by Gasteiger charge is 2.44. The van der Waals surface area contributed by atoms with Crippen LogP contribution in [-0.4, -0.2) is 127 Å². The van der Waals surface area contributed by atoms with E-state index >= 15 is 4.39 Å². The third-order valence-corrected chi connectivity index (χ3v) is 14.5. The van der Waals surface area contributed by atoms with Gasteiger partial charge in [-0.3, -0.25) is 44.4 Å². The highest BCUT2D eigenvalue weighted by molar-refractivity contribution is 7.13. The lowest BCUT2D eigenvalue weighted by Crippen LogP contribution is -2.58. The van der Waals surface area contributed by atoms with E-state index in [2.05, 4.69) is 35.3 Å². The number of thiazole rings is 1. The number of imide groups is 2. The largest absolute Gasteiger partial charge is 0.369 e. The first kappa shape index (κ1) is 41.8. The van der Waals surface area contributed by atoms with Gasteiger partial charge in [0, 0.05) is 85.8 Å². The van der Waals surface area contributed by atoms with Gasteiger partial charge in [0.15, 0.2) is 11.2 Å². The van der Waals surface area contributed by atoms with Gasteiger partial charge >= 0.3 is 6.03 Å². The van der Waals surface area contributed by atoms with Gasteiger partial charge in [0.05, 0.1) is 36.2 Å². The number of nitrogens with zero attached hydrogens (tertiary/aromatic N) is 9. The molecule has 8 heterocycles. The Balaban J connectivity index is 0.694. The van der Waals surface area contributed by atoms with Gasteiger partial charge in [-0.25, -0.2) is 24.2 Å². The quantitative estimate of drug-likeness (QED) is 0.186. The summed E-state index contributed by atoms with van der Waals surface area (Å²) in [6, 6.07) is 15.1. The van der Waals surface area contributed by atoms with Crippen LogP contribution in [0.15, 0.2) is 72.5 Å². The lowest BCUT2D eigenvalue weighted by atomic mass is 9.99. The molecule has 6 aliphatic rings. The fourth-order valence-corrected chi connectivity index (χ4v) is 10.9. The summed E-state index contributed by atoms with van der Waals surface area (Å²) in [5.74, 6) is -2.92. The van der Waals surface area contributed by atoms with E-state index in [1.54, 1.807) is 36.1 Å². The molecule has 66 heavy (non-hydrogen) atoms. The molecule has 0 radical (unpaired) electrons. The zero-order valence-electron chi connectivity index (χ0n) is 36.0. The molecule has 338 valence electrons. The minimum Gasteiger partial charge on any atom is -0.369 e. The molecule has 19 heteroatoms. The molecule has 0 aliphatic carbocycles. The molecule has 17 nitrogen and oxygen atoms in total. The summed E-state index contributed by atoms with van der Waals surface area (Å²) in [7, 11) is 0. The summed E-state index contributed by atoms with van der Waals surface area (Å²) in [6.07, 6.45) is 7.00. The van der Waals surface area contributed by atoms with Crippen molar-refractivity contribution in [1.82, 2.24) is 44.6 Å². The number of carbonyl (C=O) groups is 6. The molecular formula is C47H46FN11O6S. The number of amides is 7. The second-order valence-electron chi connectivity index (χ2n) is 17.6. The molecule has 5 aromatic rings. The topological polar surface area (TPSA) is 177 Å². The standard InChI is InChI=1S/C47H46FN11O6S/c48-37-24-30(23-35-36(37)26-57(43(35)62)41(42(61)52-46-49-12-21-66-46)40-38-2-1-13-56(38)27-50-40)29-4-6-31(7-5-29)54-17-19-55(20-18-54)32-9-14-53(15-10-32)25-28-3-8-33-34(22-28)45(64)59(44(33)63)58-16-11-39(60)51-47(58)65/h3-8,12,21-24,27,32,41H,1-2,9-11,13-20,25-26H2,(H,49,52,61)(H,51,60,65). The third kappa shape index (κ3) is 7.49. The fraction of sp³-hybridized carbons (Fsp3) is 0.362. The molecule has 1 unspecified atom stereocenters. The van der Waals surface area contributed by atoms with Crippen LogP contribution in [0.25, 0.3) is 11.1 Å². The molecule has 0 saturated carbocycles. The normalized spacial score (nSPS) is 19.7. The number of piperazine rings is 1. The van der Waals surface area contributed by atoms with E-state index in [0.29, 0.717) is 29.0 Å². The summed E-state index contributed by atoms with van der Waals surface area (Å²) in [5, 5.41) is 9.03. The Bertz CT molecular complexity index is 2800. The third-order valence-electron chi connectivity index (χ3n) is 13.8. The summed E-state index contributed by atoms with van der Waals surface area (Å²) in [6.45, 7) is 6.70. The van der Waals surface area contributed by atoms with Gasteiger partial charge in [-0.15, -0.1) is 11.3 Å². The number of hydrogen-bond donors (Lipinski definition) is 2. The van der Waals surface area contributed by atoms with E-state index in [9.17, 15) is 28.8 Å². The average Bonchev–Trinajstić information content (AvgIpc) is 4.18. The van der Waals surface area contributed by atoms with E-state index in [1.807, 2.05) is 34.9 Å². The number of anilines is 2. The van der Waals surface area contributed by atoms with Crippen LogP contribution >= 0.6 is 11.3 Å². The lowest BCUT2D eigenvalue weighted by Gasteiger charge is -2.43. The van der Waals surface area contributed by atoms with Crippen molar-refractivity contribution in [2.75, 3.05) is 56.0 Å². The highest BCUT2D eigenvalue weighted by atomic mass is 32.1. The second kappa shape index (κ2) is 16.9. The van der Waals surface area contributed by atoms with Gasteiger partial charge in [0.1, 0.15) is 5.82 Å². The predicted molar refractivity (Wildman–Crippen MR) is 240 cm³/mol. The van der Waals surface area contributed by atoms with Gasteiger partial charge in [-0.05, 0) is 91.9 Å². The maximum atomic E-state index is 16.0. The van der Waals surface area contributed by atoms with Gasteiger partial charge < -0.3 is 14.4 Å². The van der Waals surface area contributed by atoms with Crippen LogP contribution < -0.4 is 15.5 Å². The number of benzene rings is 3. The summed E-state index contributed by atoms with van der Waals surface area (Å²) in [4.78, 5) is 96.0. The predicted octanol–water partition coefficient (Wildman–Crippen LogP) is 4.67. The number of fused-ring (bicyclic) bond motifs is 3. The zero-order chi connectivity index (χ0) is 45.2. The van der Waals surface area contributed by atoms with Crippen molar-refractivity contribution in [2.24, 2.45) is 0 Å². The minimum absolute atomic E-state index is 0.00875. The van der Waals surface area contributed by atoms with Gasteiger partial charge in [0.25, 0.3) is 23.6 Å². The number of carbonyl (C=O) groups excluding carboxylic acids is 6. The maximum Gasteiger partial charge on any atom is 0.343 e. The molecule has 2 aromatic heterocycles. The fourth-order valence-electron chi connectivity index (χ4n) is 10.4. The molecule has 3 fully saturated rings. The first-order valence-electron chi connectivity index (χ1n) is 22.4. The number of nitrogens with one attached hydrogen (secondary N) is 2. The summed E-state index contributed by atoms with van der Waals surface area (Å²) in [5.41, 5.74) is 5.81. The number of hydrazine groups is 1. The number of hydrogen-bond acceptors (Lipinski definition) is 12. The van der Waals surface area contributed by atoms with E-state index in [-0.39, 0.29) is 41.8 Å². The number of imidazole rings is 1. The van der Waals surface area contributed by atoms with Crippen LogP contribution in [0.3, 0.4) is 0 Å². The van der Waals surface area contributed by atoms with E-state index < -0.39 is 47.4 Å². The molecule has 11 rings (SSSR count). The molecule has 3 aromatic carbocycles. The van der Waals surface area contributed by atoms with Crippen molar-refractivity contribution in [3.05, 3.63) is 118 Å². The van der Waals surface area contributed by atoms with E-state index in [1.165, 1.54) is 22.3 Å². The SMILES string of the molecule is O=C1CCN(N2C(=O)c3ccc(CN4CCC(N5CCN(c6ccc(-c7cc(F)c8c(c7)C(=O)N(C(C(=O)Nc7nccs7)c7ncn9c7CCC9)C8)cc6)CC5)CC4)cc3C2=O)C(=O)N1. The molecular weight excluding hydrogens is 866 g/mol. The van der Waals surface area contributed by atoms with Crippen LogP contribution in [0, 0.1) is 5.82 Å². The van der Waals surface area contributed by atoms with E-state index in [0.717, 1.165) is 104 Å². The van der Waals surface area contributed by atoms with Crippen LogP contribution in [0.5, 0.6) is 0 Å². The van der Waals surface area contributed by atoms with Crippen LogP contribution in [-0.2, 0) is 35.6 Å². The number of aryl methyl sites for hydroxylation is 1. The Labute approximate surface area is 382 Å². The zero-order valence-corrected chi connectivity index (χ0v) is 36.8. The van der Waals surface area contributed by atoms with Gasteiger partial charge in [-0.1, -0.05) is 18.2 Å². The number of likely N-dealkylation sites (tertiary alicyclic amines) is 1. The number of rotatable bonds is 10. The summed E-state index contributed by atoms with van der Waals surface area (Å²) >= 11 is 1.28. The summed E-state index contributed by atoms with van der Waals surface area (Å²) < 4.78 is 18.0. The molecule has 3 saturated heterocycles. The first-order chi connectivity index (χ1) is 32.1. The molecule has 7 amide bonds. The monoisotopic (exact) mass is 911 g/mol. The maximum absolute atomic E-state index is 16.0. The van der Waals surface area contributed by atoms with Crippen molar-refractivity contribution >= 4 is 57.7 Å². The molecule has 6 aliphatic heterocycles. The number of urea groups is 1. The number of halogens is 1. The Morgan fingerprint density at radius 3 is 2.36 bits per heavy atom. The molecule has 0 bridgehead atoms. The lowest BCUT2D eigenvalue weighted by molar-refractivity contribution is -0.123.